The van der Waals surface area contributed by atoms with Gasteiger partial charge in [0.05, 0.1) is 56.8 Å². The van der Waals surface area contributed by atoms with Crippen molar-refractivity contribution >= 4 is 58.0 Å². The average Bonchev–Trinajstić information content (AvgIpc) is 3.23. The second-order valence-corrected chi connectivity index (χ2v) is 18.5. The molecule has 322 valence electrons. The first kappa shape index (κ1) is 46.2. The number of benzene rings is 4. The molecule has 0 unspecified atom stereocenters. The molecule has 1 heterocycles. The summed E-state index contributed by atoms with van der Waals surface area (Å²) in [6.45, 7) is 12.3. The number of carbonyl (C=O) groups excluding carboxylic acids is 2. The fraction of sp³-hybridized carbons (Fsp3) is 0.340. The molecule has 0 atom stereocenters. The zero-order valence-corrected chi connectivity index (χ0v) is 36.9. The monoisotopic (exact) mass is 849 g/mol. The van der Waals surface area contributed by atoms with Crippen molar-refractivity contribution in [2.75, 3.05) is 83.1 Å². The smallest absolute Gasteiger partial charge is 0.323 e. The summed E-state index contributed by atoms with van der Waals surface area (Å²) in [5.74, 6) is 4.19. The van der Waals surface area contributed by atoms with Crippen molar-refractivity contribution in [3.8, 4) is 29.6 Å². The maximum atomic E-state index is 13.7. The van der Waals surface area contributed by atoms with E-state index in [0.717, 1.165) is 29.2 Å². The van der Waals surface area contributed by atoms with Gasteiger partial charge in [-0.3, -0.25) is 4.79 Å². The second-order valence-electron chi connectivity index (χ2n) is 15.3. The number of nitrogens with zero attached hydrogens (tertiary/aromatic N) is 1. The van der Waals surface area contributed by atoms with Crippen LogP contribution in [0, 0.1) is 12.3 Å². The maximum absolute atomic E-state index is 13.7. The molecule has 4 N–H and O–H groups in total. The first-order chi connectivity index (χ1) is 29.3. The van der Waals surface area contributed by atoms with Crippen molar-refractivity contribution in [2.45, 2.75) is 39.0 Å². The lowest BCUT2D eigenvalue weighted by atomic mass is 9.80. The second kappa shape index (κ2) is 21.6. The summed E-state index contributed by atoms with van der Waals surface area (Å²) in [6.07, 6.45) is 9.22. The molecule has 0 fully saturated rings. The van der Waals surface area contributed by atoms with Gasteiger partial charge in [0.2, 0.25) is 0 Å². The van der Waals surface area contributed by atoms with Crippen LogP contribution in [0.2, 0.25) is 0 Å². The molecule has 3 amide bonds. The third-order valence-electron chi connectivity index (χ3n) is 9.82. The number of aromatic nitrogens is 1. The van der Waals surface area contributed by atoms with Gasteiger partial charge in [0.15, 0.2) is 5.75 Å². The molecule has 14 heteroatoms. The Morgan fingerprint density at radius 2 is 1.57 bits per heavy atom. The van der Waals surface area contributed by atoms with Crippen LogP contribution < -0.4 is 36.0 Å². The molecule has 0 aliphatic rings. The molecular formula is C47H56N5O8P. The lowest BCUT2D eigenvalue weighted by Crippen LogP contribution is -2.27. The van der Waals surface area contributed by atoms with E-state index in [1.54, 1.807) is 69.1 Å². The Balaban J connectivity index is 1.29. The highest BCUT2D eigenvalue weighted by Crippen LogP contribution is 2.44. The number of amides is 3. The summed E-state index contributed by atoms with van der Waals surface area (Å²) in [6, 6.07) is 23.0. The fourth-order valence-corrected chi connectivity index (χ4v) is 7.91. The SMILES string of the molecule is C#Cc1cc(Nc2cc(Oc3ccc(NC(=O)Nc4cc(C(C)(C)CCC)cc(P(C)(C)=O)c4OC)c4ccccc34)ccn2)cc(C(=O)NCCOCCOCCOC)c1. The summed E-state index contributed by atoms with van der Waals surface area (Å²) in [7, 11) is 0.349. The Labute approximate surface area is 358 Å². The molecule has 0 radical (unpaired) electrons. The van der Waals surface area contributed by atoms with Crippen LogP contribution in [0.15, 0.2) is 85.1 Å². The van der Waals surface area contributed by atoms with Crippen LogP contribution >= 0.6 is 7.14 Å². The highest BCUT2D eigenvalue weighted by molar-refractivity contribution is 7.70. The number of hydrogen-bond acceptors (Lipinski definition) is 10. The zero-order valence-electron chi connectivity index (χ0n) is 36.0. The molecule has 0 saturated heterocycles. The number of methoxy groups -OCH3 is 2. The number of pyridine rings is 1. The number of fused-ring (bicyclic) bond motifs is 1. The van der Waals surface area contributed by atoms with E-state index in [1.807, 2.05) is 36.4 Å². The normalized spacial score (nSPS) is 11.4. The van der Waals surface area contributed by atoms with Gasteiger partial charge in [0.25, 0.3) is 5.91 Å². The first-order valence-corrected chi connectivity index (χ1v) is 22.7. The predicted octanol–water partition coefficient (Wildman–Crippen LogP) is 9.14. The van der Waals surface area contributed by atoms with E-state index in [4.69, 9.17) is 30.1 Å². The highest BCUT2D eigenvalue weighted by atomic mass is 31.2. The van der Waals surface area contributed by atoms with Crippen LogP contribution in [-0.4, -0.2) is 84.1 Å². The highest BCUT2D eigenvalue weighted by Gasteiger charge is 2.28. The van der Waals surface area contributed by atoms with Crippen molar-refractivity contribution in [3.05, 3.63) is 102 Å². The minimum atomic E-state index is -2.78. The van der Waals surface area contributed by atoms with E-state index >= 15 is 0 Å². The molecule has 1 aromatic heterocycles. The van der Waals surface area contributed by atoms with E-state index in [2.05, 4.69) is 52.9 Å². The molecule has 5 rings (SSSR count). The Morgan fingerprint density at radius 3 is 2.28 bits per heavy atom. The van der Waals surface area contributed by atoms with Gasteiger partial charge in [-0.1, -0.05) is 57.4 Å². The van der Waals surface area contributed by atoms with Crippen molar-refractivity contribution in [1.82, 2.24) is 10.3 Å². The number of hydrogen-bond donors (Lipinski definition) is 4. The van der Waals surface area contributed by atoms with Gasteiger partial charge in [-0.2, -0.15) is 0 Å². The van der Waals surface area contributed by atoms with E-state index in [0.29, 0.717) is 96.1 Å². The molecule has 13 nitrogen and oxygen atoms in total. The first-order valence-electron chi connectivity index (χ1n) is 20.1. The molecule has 5 aromatic rings. The Morgan fingerprint density at radius 1 is 0.852 bits per heavy atom. The third kappa shape index (κ3) is 12.8. The van der Waals surface area contributed by atoms with Gasteiger partial charge in [-0.15, -0.1) is 6.42 Å². The number of ether oxygens (including phenoxy) is 5. The average molecular weight is 850 g/mol. The van der Waals surface area contributed by atoms with Crippen molar-refractivity contribution in [2.24, 2.45) is 0 Å². The van der Waals surface area contributed by atoms with E-state index in [1.165, 1.54) is 7.11 Å². The largest absolute Gasteiger partial charge is 0.494 e. The van der Waals surface area contributed by atoms with Gasteiger partial charge < -0.3 is 49.5 Å². The Hall–Kier alpha value is -5.90. The van der Waals surface area contributed by atoms with Crippen LogP contribution in [0.3, 0.4) is 0 Å². The number of anilines is 4. The Bertz CT molecular complexity index is 2410. The molecule has 0 saturated carbocycles. The van der Waals surface area contributed by atoms with Gasteiger partial charge in [0.1, 0.15) is 24.5 Å². The number of terminal acetylenes is 1. The minimum Gasteiger partial charge on any atom is -0.494 e. The van der Waals surface area contributed by atoms with Crippen LogP contribution in [0.5, 0.6) is 17.2 Å². The van der Waals surface area contributed by atoms with E-state index in [-0.39, 0.29) is 11.3 Å². The van der Waals surface area contributed by atoms with Gasteiger partial charge in [-0.25, -0.2) is 9.78 Å². The molecule has 0 aliphatic heterocycles. The zero-order chi connectivity index (χ0) is 44.0. The van der Waals surface area contributed by atoms with Gasteiger partial charge in [0, 0.05) is 53.5 Å². The van der Waals surface area contributed by atoms with E-state index < -0.39 is 13.2 Å². The molecule has 61 heavy (non-hydrogen) atoms. The lowest BCUT2D eigenvalue weighted by molar-refractivity contribution is 0.0255. The van der Waals surface area contributed by atoms with Crippen molar-refractivity contribution < 1.29 is 37.8 Å². The lowest BCUT2D eigenvalue weighted by Gasteiger charge is -2.28. The van der Waals surface area contributed by atoms with Crippen LogP contribution in [0.25, 0.3) is 10.8 Å². The summed E-state index contributed by atoms with van der Waals surface area (Å²) >= 11 is 0. The maximum Gasteiger partial charge on any atom is 0.323 e. The third-order valence-corrected chi connectivity index (χ3v) is 11.3. The molecule has 0 bridgehead atoms. The predicted molar refractivity (Wildman–Crippen MR) is 244 cm³/mol. The quantitative estimate of drug-likeness (QED) is 0.0319. The molecule has 0 spiro atoms. The molecule has 4 aromatic carbocycles. The topological polar surface area (TPSA) is 158 Å². The fourth-order valence-electron chi connectivity index (χ4n) is 6.76. The molecule has 0 aliphatic carbocycles. The Kier molecular flexibility index (Phi) is 16.3. The molecular weight excluding hydrogens is 794 g/mol. The number of urea groups is 1. The summed E-state index contributed by atoms with van der Waals surface area (Å²) in [5, 5.41) is 14.1. The van der Waals surface area contributed by atoms with Gasteiger partial charge >= 0.3 is 6.03 Å². The van der Waals surface area contributed by atoms with Crippen molar-refractivity contribution in [3.63, 3.8) is 0 Å². The van der Waals surface area contributed by atoms with Gasteiger partial charge in [-0.05, 0) is 79.3 Å². The summed E-state index contributed by atoms with van der Waals surface area (Å²) in [4.78, 5) is 31.1. The van der Waals surface area contributed by atoms with E-state index in [9.17, 15) is 14.2 Å². The van der Waals surface area contributed by atoms with Crippen LogP contribution in [0.4, 0.5) is 27.7 Å². The number of rotatable bonds is 21. The number of nitrogens with one attached hydrogen (secondary N) is 4. The van der Waals surface area contributed by atoms with Crippen LogP contribution in [-0.2, 0) is 24.2 Å². The van der Waals surface area contributed by atoms with Crippen LogP contribution in [0.1, 0.15) is 55.1 Å². The van der Waals surface area contributed by atoms with Crippen molar-refractivity contribution in [1.29, 1.82) is 0 Å². The number of carbonyl (C=O) groups is 2. The summed E-state index contributed by atoms with van der Waals surface area (Å²) < 4.78 is 41.4. The standard InChI is InChI=1S/C47H56N5O8P/c1-9-18-47(3,4)34-29-40(44(57-6)42(30-34)61(7,8)55)52-46(54)51-39-15-16-41(38-14-12-11-13-37(38)39)60-36-17-19-48-43(31-36)50-35-27-32(10-2)26-33(28-35)45(53)49-20-21-58-24-25-59-23-22-56-5/h2,11-17,19,26-31H,9,18,20-25H2,1,3-8H3,(H,48,50)(H,49,53)(H2,51,52,54). The minimum absolute atomic E-state index is 0.221. The summed E-state index contributed by atoms with van der Waals surface area (Å²) in [5.41, 5.74) is 3.20.